The molecule has 1 aliphatic rings. The molecule has 16 heavy (non-hydrogen) atoms. The fourth-order valence-electron chi connectivity index (χ4n) is 2.47. The van der Waals surface area contributed by atoms with Crippen LogP contribution in [-0.2, 0) is 6.42 Å². The zero-order chi connectivity index (χ0) is 11.4. The lowest BCUT2D eigenvalue weighted by molar-refractivity contribution is 0.406. The SMILES string of the molecule is C=CC[C@H]1Cc2ccccc2[C@H](CC=C)N1. The van der Waals surface area contributed by atoms with Gasteiger partial charge in [-0.2, -0.15) is 0 Å². The maximum atomic E-state index is 3.84. The quantitative estimate of drug-likeness (QED) is 0.756. The first kappa shape index (κ1) is 11.2. The predicted molar refractivity (Wildman–Crippen MR) is 69.4 cm³/mol. The monoisotopic (exact) mass is 213 g/mol. The summed E-state index contributed by atoms with van der Waals surface area (Å²) in [5.41, 5.74) is 2.91. The minimum absolute atomic E-state index is 0.424. The molecule has 0 spiro atoms. The minimum Gasteiger partial charge on any atom is -0.306 e. The van der Waals surface area contributed by atoms with Gasteiger partial charge in [-0.1, -0.05) is 36.4 Å². The zero-order valence-corrected chi connectivity index (χ0v) is 9.65. The number of nitrogens with one attached hydrogen (secondary N) is 1. The summed E-state index contributed by atoms with van der Waals surface area (Å²) in [7, 11) is 0. The predicted octanol–water partition coefficient (Wildman–Crippen LogP) is 3.39. The van der Waals surface area contributed by atoms with Crippen LogP contribution in [0.15, 0.2) is 49.6 Å². The smallest absolute Gasteiger partial charge is 0.0360 e. The molecule has 1 aromatic carbocycles. The molecule has 0 saturated heterocycles. The Balaban J connectivity index is 2.25. The van der Waals surface area contributed by atoms with Gasteiger partial charge in [0.1, 0.15) is 0 Å². The number of benzene rings is 1. The van der Waals surface area contributed by atoms with Crippen molar-refractivity contribution in [1.29, 1.82) is 0 Å². The molecule has 1 heteroatoms. The second kappa shape index (κ2) is 5.13. The van der Waals surface area contributed by atoms with Crippen molar-refractivity contribution < 1.29 is 0 Å². The average Bonchev–Trinajstić information content (AvgIpc) is 2.30. The second-order valence-corrected chi connectivity index (χ2v) is 4.37. The molecule has 1 N–H and O–H groups in total. The Kier molecular flexibility index (Phi) is 3.58. The lowest BCUT2D eigenvalue weighted by Crippen LogP contribution is -2.38. The number of hydrogen-bond acceptors (Lipinski definition) is 1. The molecule has 2 rings (SSSR count). The number of rotatable bonds is 4. The first-order valence-electron chi connectivity index (χ1n) is 5.90. The topological polar surface area (TPSA) is 12.0 Å². The van der Waals surface area contributed by atoms with Crippen molar-refractivity contribution in [3.8, 4) is 0 Å². The summed E-state index contributed by atoms with van der Waals surface area (Å²) in [6, 6.07) is 9.65. The Labute approximate surface area is 97.9 Å². The molecule has 0 saturated carbocycles. The molecule has 0 bridgehead atoms. The molecule has 1 heterocycles. The lowest BCUT2D eigenvalue weighted by atomic mass is 9.88. The summed E-state index contributed by atoms with van der Waals surface area (Å²) in [5.74, 6) is 0. The molecule has 1 aliphatic heterocycles. The van der Waals surface area contributed by atoms with Crippen LogP contribution in [0.5, 0.6) is 0 Å². The third-order valence-electron chi connectivity index (χ3n) is 3.19. The second-order valence-electron chi connectivity index (χ2n) is 4.37. The van der Waals surface area contributed by atoms with Crippen molar-refractivity contribution in [1.82, 2.24) is 5.32 Å². The fourth-order valence-corrected chi connectivity index (χ4v) is 2.47. The molecule has 0 unspecified atom stereocenters. The van der Waals surface area contributed by atoms with Crippen LogP contribution < -0.4 is 5.32 Å². The molecule has 1 nitrogen and oxygen atoms in total. The van der Waals surface area contributed by atoms with Crippen molar-refractivity contribution in [2.45, 2.75) is 31.3 Å². The summed E-state index contributed by atoms with van der Waals surface area (Å²) < 4.78 is 0. The zero-order valence-electron chi connectivity index (χ0n) is 9.65. The maximum absolute atomic E-state index is 3.84. The summed E-state index contributed by atoms with van der Waals surface area (Å²) in [6.45, 7) is 7.66. The third-order valence-corrected chi connectivity index (χ3v) is 3.19. The molecule has 0 aromatic heterocycles. The molecule has 1 aromatic rings. The highest BCUT2D eigenvalue weighted by molar-refractivity contribution is 5.33. The van der Waals surface area contributed by atoms with Crippen LogP contribution >= 0.6 is 0 Å². The Morgan fingerprint density at radius 2 is 1.94 bits per heavy atom. The van der Waals surface area contributed by atoms with Crippen LogP contribution in [-0.4, -0.2) is 6.04 Å². The normalized spacial score (nSPS) is 23.5. The third kappa shape index (κ3) is 2.25. The Hall–Kier alpha value is -1.34. The summed E-state index contributed by atoms with van der Waals surface area (Å²) in [5, 5.41) is 3.67. The molecule has 2 atom stereocenters. The van der Waals surface area contributed by atoms with Gasteiger partial charge in [0.2, 0.25) is 0 Å². The van der Waals surface area contributed by atoms with Gasteiger partial charge in [0.05, 0.1) is 0 Å². The lowest BCUT2D eigenvalue weighted by Gasteiger charge is -2.32. The molecular weight excluding hydrogens is 194 g/mol. The highest BCUT2D eigenvalue weighted by atomic mass is 15.0. The van der Waals surface area contributed by atoms with Gasteiger partial charge in [0.25, 0.3) is 0 Å². The first-order chi connectivity index (χ1) is 7.85. The van der Waals surface area contributed by atoms with Gasteiger partial charge in [-0.3, -0.25) is 0 Å². The van der Waals surface area contributed by atoms with Gasteiger partial charge in [0, 0.05) is 12.1 Å². The van der Waals surface area contributed by atoms with E-state index >= 15 is 0 Å². The van der Waals surface area contributed by atoms with Crippen LogP contribution in [0, 0.1) is 0 Å². The van der Waals surface area contributed by atoms with Crippen LogP contribution in [0.4, 0.5) is 0 Å². The highest BCUT2D eigenvalue weighted by Crippen LogP contribution is 2.28. The Bertz CT molecular complexity index is 381. The number of fused-ring (bicyclic) bond motifs is 1. The van der Waals surface area contributed by atoms with E-state index < -0.39 is 0 Å². The summed E-state index contributed by atoms with van der Waals surface area (Å²) in [6.07, 6.45) is 7.11. The van der Waals surface area contributed by atoms with Crippen LogP contribution in [0.25, 0.3) is 0 Å². The molecule has 84 valence electrons. The molecule has 0 radical (unpaired) electrons. The highest BCUT2D eigenvalue weighted by Gasteiger charge is 2.23. The largest absolute Gasteiger partial charge is 0.306 e. The van der Waals surface area contributed by atoms with Crippen LogP contribution in [0.3, 0.4) is 0 Å². The van der Waals surface area contributed by atoms with E-state index in [2.05, 4.69) is 42.7 Å². The standard InChI is InChI=1S/C15H19N/c1-3-7-13-11-12-9-5-6-10-14(12)15(16-13)8-4-2/h3-6,9-10,13,15-16H,1-2,7-8,11H2/t13-,15-/m0/s1. The first-order valence-corrected chi connectivity index (χ1v) is 5.90. The van der Waals surface area contributed by atoms with Crippen molar-refractivity contribution in [2.24, 2.45) is 0 Å². The van der Waals surface area contributed by atoms with Crippen molar-refractivity contribution in [2.75, 3.05) is 0 Å². The molecule has 0 aliphatic carbocycles. The van der Waals surface area contributed by atoms with Crippen LogP contribution in [0.2, 0.25) is 0 Å². The molecule has 0 fully saturated rings. The summed E-state index contributed by atoms with van der Waals surface area (Å²) in [4.78, 5) is 0. The van der Waals surface area contributed by atoms with Gasteiger partial charge in [-0.15, -0.1) is 13.2 Å². The minimum atomic E-state index is 0.424. The van der Waals surface area contributed by atoms with Gasteiger partial charge in [0.15, 0.2) is 0 Å². The summed E-state index contributed by atoms with van der Waals surface area (Å²) >= 11 is 0. The van der Waals surface area contributed by atoms with E-state index in [9.17, 15) is 0 Å². The van der Waals surface area contributed by atoms with E-state index in [1.807, 2.05) is 12.2 Å². The van der Waals surface area contributed by atoms with E-state index in [4.69, 9.17) is 0 Å². The van der Waals surface area contributed by atoms with Crippen molar-refractivity contribution in [3.05, 3.63) is 60.7 Å². The Morgan fingerprint density at radius 3 is 2.69 bits per heavy atom. The van der Waals surface area contributed by atoms with E-state index in [0.717, 1.165) is 19.3 Å². The average molecular weight is 213 g/mol. The van der Waals surface area contributed by atoms with E-state index in [-0.39, 0.29) is 0 Å². The van der Waals surface area contributed by atoms with Gasteiger partial charge < -0.3 is 5.32 Å². The molecule has 0 amide bonds. The Morgan fingerprint density at radius 1 is 1.19 bits per heavy atom. The van der Waals surface area contributed by atoms with E-state index in [1.165, 1.54) is 11.1 Å². The van der Waals surface area contributed by atoms with Crippen LogP contribution in [0.1, 0.15) is 30.0 Å². The van der Waals surface area contributed by atoms with Gasteiger partial charge in [-0.25, -0.2) is 0 Å². The van der Waals surface area contributed by atoms with Crippen molar-refractivity contribution in [3.63, 3.8) is 0 Å². The molecular formula is C15H19N. The number of hydrogen-bond donors (Lipinski definition) is 1. The van der Waals surface area contributed by atoms with Gasteiger partial charge >= 0.3 is 0 Å². The van der Waals surface area contributed by atoms with Gasteiger partial charge in [-0.05, 0) is 30.4 Å². The van der Waals surface area contributed by atoms with Crippen molar-refractivity contribution >= 4 is 0 Å². The van der Waals surface area contributed by atoms with E-state index in [0.29, 0.717) is 12.1 Å². The maximum Gasteiger partial charge on any atom is 0.0360 e. The fraction of sp³-hybridized carbons (Fsp3) is 0.333. The van der Waals surface area contributed by atoms with E-state index in [1.54, 1.807) is 0 Å².